The van der Waals surface area contributed by atoms with Crippen molar-refractivity contribution in [3.63, 3.8) is 0 Å². The maximum atomic E-state index is 12.3. The van der Waals surface area contributed by atoms with Gasteiger partial charge in [-0.25, -0.2) is 4.79 Å². The Morgan fingerprint density at radius 1 is 1.17 bits per heavy atom. The van der Waals surface area contributed by atoms with Gasteiger partial charge in [-0.05, 0) is 19.8 Å². The Morgan fingerprint density at radius 3 is 2.43 bits per heavy atom. The number of carbonyl (C=O) groups excluding carboxylic acids is 1. The predicted octanol–water partition coefficient (Wildman–Crippen LogP) is 0.393. The number of anilines is 1. The number of Topliss-reactive ketones (excluding diaryl/α,β-unsaturated/α-hetero) is 1. The molecule has 1 N–H and O–H groups in total. The van der Waals surface area contributed by atoms with Gasteiger partial charge in [0.25, 0.3) is 5.56 Å². The first-order valence-electron chi connectivity index (χ1n) is 7.93. The van der Waals surface area contributed by atoms with Crippen LogP contribution in [0.5, 0.6) is 0 Å². The third-order valence-corrected chi connectivity index (χ3v) is 4.26. The number of fused-ring (bicyclic) bond motifs is 1. The van der Waals surface area contributed by atoms with E-state index in [0.717, 1.165) is 25.9 Å². The van der Waals surface area contributed by atoms with Crippen LogP contribution in [0.25, 0.3) is 11.2 Å². The molecule has 1 aliphatic heterocycles. The van der Waals surface area contributed by atoms with Gasteiger partial charge in [0.2, 0.25) is 5.95 Å². The van der Waals surface area contributed by atoms with Crippen LogP contribution in [0.3, 0.4) is 0 Å². The second-order valence-electron chi connectivity index (χ2n) is 6.09. The molecule has 0 aromatic carbocycles. The Hall–Kier alpha value is -2.38. The first kappa shape index (κ1) is 15.5. The number of nitrogens with one attached hydrogen (secondary N) is 1. The summed E-state index contributed by atoms with van der Waals surface area (Å²) in [6.07, 6.45) is 4.45. The van der Waals surface area contributed by atoms with Gasteiger partial charge < -0.3 is 4.90 Å². The molecular formula is C15H21N5O3. The van der Waals surface area contributed by atoms with Gasteiger partial charge in [0.05, 0.1) is 6.54 Å². The molecule has 0 saturated carbocycles. The SMILES string of the molecule is CC(=O)Cn1c(N2CCCCCC2)nc2c1c(=O)[nH]c(=O)n2C. The number of aryl methyl sites for hydroxylation is 1. The van der Waals surface area contributed by atoms with Crippen molar-refractivity contribution in [3.8, 4) is 0 Å². The molecular weight excluding hydrogens is 298 g/mol. The summed E-state index contributed by atoms with van der Waals surface area (Å²) in [4.78, 5) is 44.7. The lowest BCUT2D eigenvalue weighted by molar-refractivity contribution is -0.117. The molecule has 0 unspecified atom stereocenters. The Morgan fingerprint density at radius 2 is 1.83 bits per heavy atom. The molecule has 0 atom stereocenters. The van der Waals surface area contributed by atoms with E-state index in [1.165, 1.54) is 24.3 Å². The fourth-order valence-electron chi connectivity index (χ4n) is 3.11. The molecule has 8 nitrogen and oxygen atoms in total. The van der Waals surface area contributed by atoms with Crippen molar-refractivity contribution < 1.29 is 4.79 Å². The summed E-state index contributed by atoms with van der Waals surface area (Å²) in [6.45, 7) is 3.23. The number of nitrogens with zero attached hydrogens (tertiary/aromatic N) is 4. The minimum atomic E-state index is -0.502. The zero-order valence-electron chi connectivity index (χ0n) is 13.5. The highest BCUT2D eigenvalue weighted by Crippen LogP contribution is 2.22. The average Bonchev–Trinajstić information content (AvgIpc) is 2.69. The van der Waals surface area contributed by atoms with Crippen LogP contribution in [0, 0.1) is 0 Å². The number of aromatic nitrogens is 4. The van der Waals surface area contributed by atoms with Gasteiger partial charge >= 0.3 is 5.69 Å². The summed E-state index contributed by atoms with van der Waals surface area (Å²) in [5.41, 5.74) is -0.406. The lowest BCUT2D eigenvalue weighted by Gasteiger charge is -2.22. The monoisotopic (exact) mass is 319 g/mol. The van der Waals surface area contributed by atoms with Gasteiger partial charge in [0.15, 0.2) is 11.2 Å². The van der Waals surface area contributed by atoms with Crippen molar-refractivity contribution in [3.05, 3.63) is 20.8 Å². The Balaban J connectivity index is 2.25. The lowest BCUT2D eigenvalue weighted by Crippen LogP contribution is -2.30. The maximum absolute atomic E-state index is 12.3. The zero-order valence-corrected chi connectivity index (χ0v) is 13.5. The standard InChI is InChI=1S/C15H21N5O3/c1-10(21)9-20-11-12(18(2)15(23)17-13(11)22)16-14(20)19-7-5-3-4-6-8-19/h3-9H2,1-2H3,(H,17,22,23). The zero-order chi connectivity index (χ0) is 16.6. The molecule has 8 heteroatoms. The summed E-state index contributed by atoms with van der Waals surface area (Å²) in [6, 6.07) is 0. The minimum absolute atomic E-state index is 0.0615. The minimum Gasteiger partial charge on any atom is -0.342 e. The third kappa shape index (κ3) is 2.80. The normalized spacial score (nSPS) is 15.8. The molecule has 0 radical (unpaired) electrons. The van der Waals surface area contributed by atoms with Crippen LogP contribution in [0.15, 0.2) is 9.59 Å². The van der Waals surface area contributed by atoms with Crippen molar-refractivity contribution >= 4 is 22.9 Å². The van der Waals surface area contributed by atoms with Gasteiger partial charge in [-0.2, -0.15) is 4.98 Å². The van der Waals surface area contributed by atoms with Crippen molar-refractivity contribution in [2.24, 2.45) is 7.05 Å². The molecule has 1 fully saturated rings. The first-order chi connectivity index (χ1) is 11.0. The molecule has 0 bridgehead atoms. The number of hydrogen-bond donors (Lipinski definition) is 1. The molecule has 1 saturated heterocycles. The second-order valence-corrected chi connectivity index (χ2v) is 6.09. The van der Waals surface area contributed by atoms with Gasteiger partial charge in [0, 0.05) is 20.1 Å². The molecule has 2 aromatic rings. The lowest BCUT2D eigenvalue weighted by atomic mass is 10.2. The molecule has 0 aliphatic carbocycles. The number of carbonyl (C=O) groups is 1. The van der Waals surface area contributed by atoms with Crippen molar-refractivity contribution in [1.82, 2.24) is 19.1 Å². The van der Waals surface area contributed by atoms with Crippen LogP contribution >= 0.6 is 0 Å². The maximum Gasteiger partial charge on any atom is 0.329 e. The molecule has 3 rings (SSSR count). The highest BCUT2D eigenvalue weighted by atomic mass is 16.2. The van der Waals surface area contributed by atoms with Crippen LogP contribution in [-0.4, -0.2) is 38.0 Å². The van der Waals surface area contributed by atoms with E-state index < -0.39 is 11.2 Å². The van der Waals surface area contributed by atoms with E-state index in [1.54, 1.807) is 11.6 Å². The van der Waals surface area contributed by atoms with Crippen LogP contribution in [0.2, 0.25) is 0 Å². The smallest absolute Gasteiger partial charge is 0.329 e. The predicted molar refractivity (Wildman–Crippen MR) is 87.0 cm³/mol. The number of aromatic amines is 1. The average molecular weight is 319 g/mol. The first-order valence-corrected chi connectivity index (χ1v) is 7.93. The summed E-state index contributed by atoms with van der Waals surface area (Å²) >= 11 is 0. The van der Waals surface area contributed by atoms with Gasteiger partial charge in [-0.15, -0.1) is 0 Å². The van der Waals surface area contributed by atoms with E-state index in [2.05, 4.69) is 14.9 Å². The van der Waals surface area contributed by atoms with E-state index >= 15 is 0 Å². The number of hydrogen-bond acceptors (Lipinski definition) is 5. The molecule has 3 heterocycles. The van der Waals surface area contributed by atoms with Crippen molar-refractivity contribution in [2.75, 3.05) is 18.0 Å². The van der Waals surface area contributed by atoms with E-state index in [0.29, 0.717) is 11.6 Å². The molecule has 124 valence electrons. The number of imidazole rings is 1. The topological polar surface area (TPSA) is 93.0 Å². The van der Waals surface area contributed by atoms with Gasteiger partial charge in [-0.1, -0.05) is 12.8 Å². The van der Waals surface area contributed by atoms with E-state index in [4.69, 9.17) is 0 Å². The summed E-state index contributed by atoms with van der Waals surface area (Å²) in [5.74, 6) is 0.539. The molecule has 0 spiro atoms. The Kier molecular flexibility index (Phi) is 4.06. The quantitative estimate of drug-likeness (QED) is 0.883. The number of H-pyrrole nitrogens is 1. The van der Waals surface area contributed by atoms with Crippen LogP contribution in [0.1, 0.15) is 32.6 Å². The summed E-state index contributed by atoms with van der Waals surface area (Å²) < 4.78 is 2.95. The van der Waals surface area contributed by atoms with Crippen LogP contribution < -0.4 is 16.1 Å². The molecule has 1 aliphatic rings. The van der Waals surface area contributed by atoms with Gasteiger partial charge in [0.1, 0.15) is 5.78 Å². The highest BCUT2D eigenvalue weighted by Gasteiger charge is 2.22. The Labute approximate surface area is 132 Å². The summed E-state index contributed by atoms with van der Waals surface area (Å²) in [5, 5.41) is 0. The van der Waals surface area contributed by atoms with Gasteiger partial charge in [-0.3, -0.25) is 23.7 Å². The third-order valence-electron chi connectivity index (χ3n) is 4.26. The molecule has 0 amide bonds. The molecule has 23 heavy (non-hydrogen) atoms. The summed E-state index contributed by atoms with van der Waals surface area (Å²) in [7, 11) is 1.57. The van der Waals surface area contributed by atoms with Crippen LogP contribution in [-0.2, 0) is 18.4 Å². The fourth-order valence-corrected chi connectivity index (χ4v) is 3.11. The Bertz CT molecular complexity index is 852. The van der Waals surface area contributed by atoms with E-state index in [-0.39, 0.29) is 17.8 Å². The highest BCUT2D eigenvalue weighted by molar-refractivity contribution is 5.81. The van der Waals surface area contributed by atoms with E-state index in [9.17, 15) is 14.4 Å². The fraction of sp³-hybridized carbons (Fsp3) is 0.600. The second kappa shape index (κ2) is 6.02. The van der Waals surface area contributed by atoms with Crippen LogP contribution in [0.4, 0.5) is 5.95 Å². The van der Waals surface area contributed by atoms with Crippen molar-refractivity contribution in [2.45, 2.75) is 39.2 Å². The molecule has 2 aromatic heterocycles. The number of rotatable bonds is 3. The van der Waals surface area contributed by atoms with E-state index in [1.807, 2.05) is 0 Å². The largest absolute Gasteiger partial charge is 0.342 e. The van der Waals surface area contributed by atoms with Crippen molar-refractivity contribution in [1.29, 1.82) is 0 Å². The number of ketones is 1.